The zero-order valence-electron chi connectivity index (χ0n) is 12.6. The maximum atomic E-state index is 11.0. The minimum Gasteiger partial charge on any atom is -0.379 e. The van der Waals surface area contributed by atoms with Gasteiger partial charge in [0.1, 0.15) is 0 Å². The largest absolute Gasteiger partial charge is 0.379 e. The second kappa shape index (κ2) is 6.31. The molecule has 0 heterocycles. The number of benzene rings is 2. The second-order valence-electron chi connectivity index (χ2n) is 5.29. The Morgan fingerprint density at radius 3 is 2.10 bits per heavy atom. The molecule has 1 unspecified atom stereocenters. The molecule has 2 aromatic rings. The second-order valence-corrected chi connectivity index (χ2v) is 5.29. The molecule has 0 spiro atoms. The topological polar surface area (TPSA) is 58.4 Å². The van der Waals surface area contributed by atoms with E-state index >= 15 is 0 Å². The molecule has 0 saturated heterocycles. The summed E-state index contributed by atoms with van der Waals surface area (Å²) in [5.74, 6) is -0.408. The Morgan fingerprint density at radius 2 is 1.62 bits per heavy atom. The van der Waals surface area contributed by atoms with E-state index < -0.39 is 5.91 Å². The van der Waals surface area contributed by atoms with Crippen molar-refractivity contribution in [3.63, 3.8) is 0 Å². The third-order valence-corrected chi connectivity index (χ3v) is 3.46. The minimum atomic E-state index is -0.408. The summed E-state index contributed by atoms with van der Waals surface area (Å²) in [6.07, 6.45) is 0. The first-order valence-corrected chi connectivity index (χ1v) is 6.91. The van der Waals surface area contributed by atoms with E-state index in [1.54, 1.807) is 12.1 Å². The Morgan fingerprint density at radius 1 is 1.05 bits per heavy atom. The molecular formula is C17H21N3O. The number of amides is 1. The molecule has 0 saturated carbocycles. The SMILES string of the molecule is CC(Nc1ccc(C(N)=O)cc1)c1ccc(N(C)C)cc1. The number of hydrogen-bond acceptors (Lipinski definition) is 3. The van der Waals surface area contributed by atoms with Crippen LogP contribution < -0.4 is 16.0 Å². The molecule has 0 aliphatic carbocycles. The first-order chi connectivity index (χ1) is 9.97. The zero-order chi connectivity index (χ0) is 15.4. The van der Waals surface area contributed by atoms with Gasteiger partial charge in [-0.25, -0.2) is 0 Å². The molecule has 21 heavy (non-hydrogen) atoms. The van der Waals surface area contributed by atoms with Crippen molar-refractivity contribution >= 4 is 17.3 Å². The van der Waals surface area contributed by atoms with Crippen molar-refractivity contribution in [3.8, 4) is 0 Å². The van der Waals surface area contributed by atoms with Crippen molar-refractivity contribution in [1.29, 1.82) is 0 Å². The van der Waals surface area contributed by atoms with Crippen molar-refractivity contribution in [1.82, 2.24) is 0 Å². The number of primary amides is 1. The van der Waals surface area contributed by atoms with Crippen LogP contribution in [0.1, 0.15) is 28.9 Å². The number of hydrogen-bond donors (Lipinski definition) is 2. The van der Waals surface area contributed by atoms with Gasteiger partial charge >= 0.3 is 0 Å². The third kappa shape index (κ3) is 3.75. The number of carbonyl (C=O) groups is 1. The standard InChI is InChI=1S/C17H21N3O/c1-12(13-6-10-16(11-7-13)20(2)3)19-15-8-4-14(5-9-15)17(18)21/h4-12,19H,1-3H3,(H2,18,21). The zero-order valence-corrected chi connectivity index (χ0v) is 12.6. The van der Waals surface area contributed by atoms with Crippen molar-refractivity contribution in [2.45, 2.75) is 13.0 Å². The molecular weight excluding hydrogens is 262 g/mol. The lowest BCUT2D eigenvalue weighted by Gasteiger charge is -2.18. The van der Waals surface area contributed by atoms with Gasteiger partial charge in [-0.05, 0) is 48.9 Å². The molecule has 0 radical (unpaired) electrons. The predicted molar refractivity (Wildman–Crippen MR) is 87.8 cm³/mol. The third-order valence-electron chi connectivity index (χ3n) is 3.46. The van der Waals surface area contributed by atoms with Gasteiger partial charge in [0.05, 0.1) is 0 Å². The van der Waals surface area contributed by atoms with Gasteiger partial charge in [-0.2, -0.15) is 0 Å². The molecule has 4 heteroatoms. The highest BCUT2D eigenvalue weighted by Gasteiger charge is 2.06. The van der Waals surface area contributed by atoms with E-state index in [2.05, 4.69) is 41.4 Å². The average Bonchev–Trinajstić information content (AvgIpc) is 2.47. The van der Waals surface area contributed by atoms with Gasteiger partial charge in [-0.1, -0.05) is 12.1 Å². The van der Waals surface area contributed by atoms with E-state index in [4.69, 9.17) is 5.73 Å². The summed E-state index contributed by atoms with van der Waals surface area (Å²) in [7, 11) is 4.05. The van der Waals surface area contributed by atoms with Crippen LogP contribution >= 0.6 is 0 Å². The molecule has 0 aliphatic rings. The summed E-state index contributed by atoms with van der Waals surface area (Å²) >= 11 is 0. The van der Waals surface area contributed by atoms with E-state index in [-0.39, 0.29) is 6.04 Å². The molecule has 1 atom stereocenters. The van der Waals surface area contributed by atoms with Crippen LogP contribution in [0.15, 0.2) is 48.5 Å². The summed E-state index contributed by atoms with van der Waals surface area (Å²) in [6, 6.07) is 15.8. The van der Waals surface area contributed by atoms with Gasteiger partial charge in [0, 0.05) is 37.1 Å². The van der Waals surface area contributed by atoms with Crippen LogP contribution in [0, 0.1) is 0 Å². The lowest BCUT2D eigenvalue weighted by Crippen LogP contribution is -2.11. The first-order valence-electron chi connectivity index (χ1n) is 6.91. The first kappa shape index (κ1) is 14.9. The van der Waals surface area contributed by atoms with Crippen LogP contribution in [0.4, 0.5) is 11.4 Å². The van der Waals surface area contributed by atoms with E-state index in [0.29, 0.717) is 5.56 Å². The number of rotatable bonds is 5. The molecule has 0 aliphatic heterocycles. The van der Waals surface area contributed by atoms with E-state index in [1.165, 1.54) is 11.3 Å². The maximum absolute atomic E-state index is 11.0. The molecule has 3 N–H and O–H groups in total. The summed E-state index contributed by atoms with van der Waals surface area (Å²) in [6.45, 7) is 2.10. The smallest absolute Gasteiger partial charge is 0.248 e. The van der Waals surface area contributed by atoms with Crippen molar-refractivity contribution in [3.05, 3.63) is 59.7 Å². The van der Waals surface area contributed by atoms with Crippen LogP contribution in [0.25, 0.3) is 0 Å². The Bertz CT molecular complexity index is 603. The molecule has 0 fully saturated rings. The summed E-state index contributed by atoms with van der Waals surface area (Å²) in [4.78, 5) is 13.1. The number of nitrogens with two attached hydrogens (primary N) is 1. The fraction of sp³-hybridized carbons (Fsp3) is 0.235. The summed E-state index contributed by atoms with van der Waals surface area (Å²) in [5.41, 5.74) is 9.10. The van der Waals surface area contributed by atoms with E-state index in [1.807, 2.05) is 26.2 Å². The number of nitrogens with zero attached hydrogens (tertiary/aromatic N) is 1. The van der Waals surface area contributed by atoms with Gasteiger partial charge < -0.3 is 16.0 Å². The number of carbonyl (C=O) groups excluding carboxylic acids is 1. The number of nitrogens with one attached hydrogen (secondary N) is 1. The quantitative estimate of drug-likeness (QED) is 0.886. The Hall–Kier alpha value is -2.49. The lowest BCUT2D eigenvalue weighted by molar-refractivity contribution is 0.100. The molecule has 4 nitrogen and oxygen atoms in total. The van der Waals surface area contributed by atoms with Crippen LogP contribution in [-0.2, 0) is 0 Å². The fourth-order valence-electron chi connectivity index (χ4n) is 2.13. The highest BCUT2D eigenvalue weighted by atomic mass is 16.1. The highest BCUT2D eigenvalue weighted by Crippen LogP contribution is 2.22. The van der Waals surface area contributed by atoms with Crippen LogP contribution in [0.5, 0.6) is 0 Å². The van der Waals surface area contributed by atoms with Crippen molar-refractivity contribution in [2.24, 2.45) is 5.73 Å². The minimum absolute atomic E-state index is 0.181. The van der Waals surface area contributed by atoms with Gasteiger partial charge in [0.2, 0.25) is 5.91 Å². The van der Waals surface area contributed by atoms with Crippen LogP contribution in [0.3, 0.4) is 0 Å². The van der Waals surface area contributed by atoms with Gasteiger partial charge in [-0.3, -0.25) is 4.79 Å². The van der Waals surface area contributed by atoms with E-state index in [9.17, 15) is 4.79 Å². The molecule has 2 rings (SSSR count). The molecule has 1 amide bonds. The van der Waals surface area contributed by atoms with E-state index in [0.717, 1.165) is 5.69 Å². The average molecular weight is 283 g/mol. The summed E-state index contributed by atoms with van der Waals surface area (Å²) in [5, 5.41) is 3.41. The Kier molecular flexibility index (Phi) is 4.48. The molecule has 0 bridgehead atoms. The van der Waals surface area contributed by atoms with Gasteiger partial charge in [0.15, 0.2) is 0 Å². The Balaban J connectivity index is 2.06. The van der Waals surface area contributed by atoms with Crippen LogP contribution in [-0.4, -0.2) is 20.0 Å². The van der Waals surface area contributed by atoms with Crippen molar-refractivity contribution < 1.29 is 4.79 Å². The molecule has 0 aromatic heterocycles. The van der Waals surface area contributed by atoms with Crippen molar-refractivity contribution in [2.75, 3.05) is 24.3 Å². The van der Waals surface area contributed by atoms with Gasteiger partial charge in [0.25, 0.3) is 0 Å². The summed E-state index contributed by atoms with van der Waals surface area (Å²) < 4.78 is 0. The highest BCUT2D eigenvalue weighted by molar-refractivity contribution is 5.93. The monoisotopic (exact) mass is 283 g/mol. The Labute approximate surface area is 125 Å². The predicted octanol–water partition coefficient (Wildman–Crippen LogP) is 3.02. The normalized spacial score (nSPS) is 11.8. The molecule has 110 valence electrons. The lowest BCUT2D eigenvalue weighted by atomic mass is 10.1. The maximum Gasteiger partial charge on any atom is 0.248 e. The van der Waals surface area contributed by atoms with Crippen LogP contribution in [0.2, 0.25) is 0 Å². The molecule has 2 aromatic carbocycles. The number of anilines is 2. The fourth-order valence-corrected chi connectivity index (χ4v) is 2.13. The van der Waals surface area contributed by atoms with Gasteiger partial charge in [-0.15, -0.1) is 0 Å².